The van der Waals surface area contributed by atoms with Gasteiger partial charge in [-0.1, -0.05) is 6.58 Å². The van der Waals surface area contributed by atoms with Gasteiger partial charge in [-0.3, -0.25) is 0 Å². The largest absolute Gasteiger partial charge is 0.478 e. The molecule has 0 aromatic carbocycles. The zero-order chi connectivity index (χ0) is 14.1. The van der Waals surface area contributed by atoms with Crippen LogP contribution in [0.25, 0.3) is 0 Å². The topological polar surface area (TPSA) is 57.5 Å². The first-order chi connectivity index (χ1) is 7.33. The van der Waals surface area contributed by atoms with Crippen LogP contribution in [0.4, 0.5) is 26.3 Å². The molecular weight excluding hydrogens is 258 g/mol. The quantitative estimate of drug-likeness (QED) is 0.606. The van der Waals surface area contributed by atoms with Gasteiger partial charge in [0.2, 0.25) is 0 Å². The summed E-state index contributed by atoms with van der Waals surface area (Å²) >= 11 is 0. The summed E-state index contributed by atoms with van der Waals surface area (Å²) in [6, 6.07) is 0. The van der Waals surface area contributed by atoms with Crippen molar-refractivity contribution in [2.24, 2.45) is 0 Å². The van der Waals surface area contributed by atoms with E-state index in [1.807, 2.05) is 0 Å². The molecule has 0 aliphatic heterocycles. The molecule has 17 heavy (non-hydrogen) atoms. The molecule has 0 radical (unpaired) electrons. The Hall–Kier alpha value is -1.25. The molecule has 0 atom stereocenters. The second-order valence-corrected chi connectivity index (χ2v) is 3.26. The molecule has 0 spiro atoms. The lowest BCUT2D eigenvalue weighted by molar-refractivity contribution is -0.369. The van der Waals surface area contributed by atoms with Gasteiger partial charge in [-0.15, -0.1) is 0 Å². The maximum absolute atomic E-state index is 12.1. The Bertz CT molecular complexity index is 302. The molecule has 3 nitrogen and oxygen atoms in total. The molecule has 0 heterocycles. The number of hydrogen-bond donors (Lipinski definition) is 2. The van der Waals surface area contributed by atoms with E-state index in [2.05, 4.69) is 6.58 Å². The van der Waals surface area contributed by atoms with E-state index in [-0.39, 0.29) is 0 Å². The molecule has 0 fully saturated rings. The standard InChI is InChI=1S/C8H8F6O3/c1-4(5(15)16)2-3-6(17,7(9,10)11)8(12,13)14/h17H,1-3H2,(H,15,16). The Morgan fingerprint density at radius 3 is 1.65 bits per heavy atom. The van der Waals surface area contributed by atoms with Crippen molar-refractivity contribution < 1.29 is 41.4 Å². The lowest BCUT2D eigenvalue weighted by atomic mass is 9.94. The third kappa shape index (κ3) is 3.35. The van der Waals surface area contributed by atoms with Gasteiger partial charge in [0.1, 0.15) is 0 Å². The highest BCUT2D eigenvalue weighted by Gasteiger charge is 2.69. The molecule has 0 unspecified atom stereocenters. The number of rotatable bonds is 4. The predicted molar refractivity (Wildman–Crippen MR) is 43.1 cm³/mol. The van der Waals surface area contributed by atoms with Crippen molar-refractivity contribution in [3.63, 3.8) is 0 Å². The fourth-order valence-corrected chi connectivity index (χ4v) is 0.883. The summed E-state index contributed by atoms with van der Waals surface area (Å²) in [4.78, 5) is 10.2. The van der Waals surface area contributed by atoms with Gasteiger partial charge in [0.05, 0.1) is 0 Å². The molecule has 0 aromatic rings. The normalized spacial score (nSPS) is 13.6. The highest BCUT2D eigenvalue weighted by atomic mass is 19.4. The zero-order valence-corrected chi connectivity index (χ0v) is 8.19. The van der Waals surface area contributed by atoms with Crippen LogP contribution < -0.4 is 0 Å². The molecule has 9 heteroatoms. The number of carboxylic acid groups (broad SMARTS) is 1. The molecule has 0 aliphatic rings. The summed E-state index contributed by atoms with van der Waals surface area (Å²) in [6.45, 7) is 2.78. The monoisotopic (exact) mass is 266 g/mol. The van der Waals surface area contributed by atoms with Gasteiger partial charge in [-0.25, -0.2) is 4.79 Å². The Morgan fingerprint density at radius 2 is 1.41 bits per heavy atom. The number of carbonyl (C=O) groups is 1. The van der Waals surface area contributed by atoms with Crippen molar-refractivity contribution in [2.45, 2.75) is 30.8 Å². The minimum Gasteiger partial charge on any atom is -0.478 e. The van der Waals surface area contributed by atoms with Gasteiger partial charge < -0.3 is 10.2 Å². The molecule has 0 bridgehead atoms. The van der Waals surface area contributed by atoms with Crippen molar-refractivity contribution in [1.82, 2.24) is 0 Å². The molecule has 2 N–H and O–H groups in total. The summed E-state index contributed by atoms with van der Waals surface area (Å²) in [7, 11) is 0. The van der Waals surface area contributed by atoms with Crippen LogP contribution in [0.1, 0.15) is 12.8 Å². The van der Waals surface area contributed by atoms with E-state index < -0.39 is 42.3 Å². The average molecular weight is 266 g/mol. The molecule has 0 saturated heterocycles. The van der Waals surface area contributed by atoms with Crippen molar-refractivity contribution >= 4 is 5.97 Å². The molecular formula is C8H8F6O3. The number of carboxylic acids is 1. The first-order valence-corrected chi connectivity index (χ1v) is 4.10. The average Bonchev–Trinajstić information content (AvgIpc) is 2.09. The van der Waals surface area contributed by atoms with Gasteiger partial charge in [0.15, 0.2) is 0 Å². The summed E-state index contributed by atoms with van der Waals surface area (Å²) in [5.74, 6) is -1.73. The smallest absolute Gasteiger partial charge is 0.426 e. The summed E-state index contributed by atoms with van der Waals surface area (Å²) in [5, 5.41) is 16.9. The van der Waals surface area contributed by atoms with E-state index in [9.17, 15) is 31.1 Å². The first-order valence-electron chi connectivity index (χ1n) is 4.10. The van der Waals surface area contributed by atoms with Crippen LogP contribution >= 0.6 is 0 Å². The molecule has 100 valence electrons. The first kappa shape index (κ1) is 15.8. The molecule has 0 aliphatic carbocycles. The highest BCUT2D eigenvalue weighted by Crippen LogP contribution is 2.46. The molecule has 0 amide bonds. The van der Waals surface area contributed by atoms with Crippen molar-refractivity contribution in [1.29, 1.82) is 0 Å². The van der Waals surface area contributed by atoms with Crippen LogP contribution in [0.5, 0.6) is 0 Å². The fourth-order valence-electron chi connectivity index (χ4n) is 0.883. The van der Waals surface area contributed by atoms with Gasteiger partial charge in [0, 0.05) is 5.57 Å². The Labute approximate surface area is 91.3 Å². The van der Waals surface area contributed by atoms with Crippen LogP contribution in [0.2, 0.25) is 0 Å². The minimum atomic E-state index is -5.94. The summed E-state index contributed by atoms with van der Waals surface area (Å²) < 4.78 is 72.6. The Kier molecular flexibility index (Phi) is 4.22. The van der Waals surface area contributed by atoms with E-state index in [1.165, 1.54) is 0 Å². The second-order valence-electron chi connectivity index (χ2n) is 3.26. The van der Waals surface area contributed by atoms with Crippen molar-refractivity contribution in [3.8, 4) is 0 Å². The van der Waals surface area contributed by atoms with E-state index in [1.54, 1.807) is 0 Å². The number of halogens is 6. The van der Waals surface area contributed by atoms with E-state index >= 15 is 0 Å². The molecule has 0 aromatic heterocycles. The summed E-state index contributed by atoms with van der Waals surface area (Å²) in [5.41, 5.74) is -5.78. The van der Waals surface area contributed by atoms with Crippen molar-refractivity contribution in [3.05, 3.63) is 12.2 Å². The number of hydrogen-bond acceptors (Lipinski definition) is 2. The van der Waals surface area contributed by atoms with Gasteiger partial charge in [-0.2, -0.15) is 26.3 Å². The van der Waals surface area contributed by atoms with Crippen LogP contribution in [0.15, 0.2) is 12.2 Å². The Balaban J connectivity index is 5.01. The van der Waals surface area contributed by atoms with Gasteiger partial charge >= 0.3 is 18.3 Å². The predicted octanol–water partition coefficient (Wildman–Crippen LogP) is 2.26. The molecule has 0 saturated carbocycles. The van der Waals surface area contributed by atoms with E-state index in [0.717, 1.165) is 0 Å². The van der Waals surface area contributed by atoms with E-state index in [0.29, 0.717) is 0 Å². The van der Waals surface area contributed by atoms with E-state index in [4.69, 9.17) is 10.2 Å². The van der Waals surface area contributed by atoms with Crippen molar-refractivity contribution in [2.75, 3.05) is 0 Å². The van der Waals surface area contributed by atoms with Crippen LogP contribution in [0, 0.1) is 0 Å². The number of aliphatic carboxylic acids is 1. The SMILES string of the molecule is C=C(CCC(O)(C(F)(F)F)C(F)(F)F)C(=O)O. The number of alkyl halides is 6. The highest BCUT2D eigenvalue weighted by molar-refractivity contribution is 5.85. The molecule has 0 rings (SSSR count). The summed E-state index contributed by atoms with van der Waals surface area (Å²) in [6.07, 6.45) is -14.9. The van der Waals surface area contributed by atoms with Gasteiger partial charge in [0.25, 0.3) is 5.60 Å². The fraction of sp³-hybridized carbons (Fsp3) is 0.625. The van der Waals surface area contributed by atoms with Gasteiger partial charge in [-0.05, 0) is 12.8 Å². The third-order valence-corrected chi connectivity index (χ3v) is 2.03. The van der Waals surface area contributed by atoms with Crippen LogP contribution in [0.3, 0.4) is 0 Å². The maximum Gasteiger partial charge on any atom is 0.426 e. The Morgan fingerprint density at radius 1 is 1.06 bits per heavy atom. The lowest BCUT2D eigenvalue weighted by Gasteiger charge is -2.32. The second kappa shape index (κ2) is 4.55. The third-order valence-electron chi connectivity index (χ3n) is 2.03. The number of aliphatic hydroxyl groups is 1. The van der Waals surface area contributed by atoms with Crippen LogP contribution in [-0.4, -0.2) is 34.1 Å². The minimum absolute atomic E-state index is 0.850. The zero-order valence-electron chi connectivity index (χ0n) is 8.19. The van der Waals surface area contributed by atoms with Crippen LogP contribution in [-0.2, 0) is 4.79 Å². The maximum atomic E-state index is 12.1. The lowest BCUT2D eigenvalue weighted by Crippen LogP contribution is -2.56.